The molecule has 2 fully saturated rings. The van der Waals surface area contributed by atoms with E-state index >= 15 is 0 Å². The summed E-state index contributed by atoms with van der Waals surface area (Å²) in [5, 5.41) is 11.0. The molecule has 4 aromatic carbocycles. The van der Waals surface area contributed by atoms with Crippen molar-refractivity contribution in [3.63, 3.8) is 0 Å². The van der Waals surface area contributed by atoms with Crippen LogP contribution < -0.4 is 20.7 Å². The maximum Gasteiger partial charge on any atom is 0.407 e. The molecular weight excluding hydrogens is 723 g/mol. The zero-order chi connectivity index (χ0) is 39.4. The van der Waals surface area contributed by atoms with E-state index in [1.165, 1.54) is 7.11 Å². The van der Waals surface area contributed by atoms with Gasteiger partial charge in [0, 0.05) is 48.7 Å². The zero-order valence-corrected chi connectivity index (χ0v) is 32.2. The Balaban J connectivity index is 1.03. The molecule has 2 bridgehead atoms. The Hall–Kier alpha value is -5.69. The lowest BCUT2D eigenvalue weighted by molar-refractivity contribution is -0.147. The van der Waals surface area contributed by atoms with E-state index in [9.17, 15) is 14.4 Å². The first-order valence-corrected chi connectivity index (χ1v) is 19.7. The number of rotatable bonds is 16. The maximum absolute atomic E-state index is 14.3. The molecule has 5 aromatic rings. The predicted molar refractivity (Wildman–Crippen MR) is 217 cm³/mol. The van der Waals surface area contributed by atoms with Gasteiger partial charge in [0.2, 0.25) is 5.91 Å². The van der Waals surface area contributed by atoms with Gasteiger partial charge in [-0.05, 0) is 59.7 Å². The monoisotopic (exact) mass is 773 g/mol. The number of esters is 1. The molecule has 1 aromatic heterocycles. The number of alkyl carbamates (subject to hydrolysis) is 1. The van der Waals surface area contributed by atoms with E-state index in [1.54, 1.807) is 0 Å². The van der Waals surface area contributed by atoms with Crippen molar-refractivity contribution >= 4 is 28.9 Å². The fourth-order valence-electron chi connectivity index (χ4n) is 7.67. The third-order valence-corrected chi connectivity index (χ3v) is 10.7. The van der Waals surface area contributed by atoms with Crippen LogP contribution in [0.5, 0.6) is 5.75 Å². The van der Waals surface area contributed by atoms with Crippen LogP contribution in [0.4, 0.5) is 4.79 Å². The molecule has 4 N–H and O–H groups in total. The minimum absolute atomic E-state index is 0.0155. The summed E-state index contributed by atoms with van der Waals surface area (Å²) in [5.74, 6) is 0.384. The third-order valence-electron chi connectivity index (χ3n) is 10.7. The molecule has 12 nitrogen and oxygen atoms in total. The van der Waals surface area contributed by atoms with Gasteiger partial charge >= 0.3 is 12.1 Å². The van der Waals surface area contributed by atoms with E-state index in [0.29, 0.717) is 58.6 Å². The van der Waals surface area contributed by atoms with Crippen molar-refractivity contribution in [1.29, 1.82) is 0 Å². The number of carbonyl (C=O) groups is 3. The number of aromatic amines is 1. The van der Waals surface area contributed by atoms with Crippen molar-refractivity contribution in [2.45, 2.75) is 69.1 Å². The first-order chi connectivity index (χ1) is 27.9. The average molecular weight is 774 g/mol. The minimum atomic E-state index is -0.655. The van der Waals surface area contributed by atoms with Crippen LogP contribution in [0.3, 0.4) is 0 Å². The summed E-state index contributed by atoms with van der Waals surface area (Å²) >= 11 is 0. The third kappa shape index (κ3) is 10.6. The number of aromatic nitrogens is 1. The van der Waals surface area contributed by atoms with Gasteiger partial charge in [-0.15, -0.1) is 0 Å². The van der Waals surface area contributed by atoms with Gasteiger partial charge in [-0.1, -0.05) is 91.0 Å². The number of ether oxygens (including phenoxy) is 4. The lowest BCUT2D eigenvalue weighted by Crippen LogP contribution is -2.70. The molecule has 0 aliphatic carbocycles. The second-order valence-electron chi connectivity index (χ2n) is 14.7. The summed E-state index contributed by atoms with van der Waals surface area (Å²) in [6, 6.07) is 33.6. The van der Waals surface area contributed by atoms with Crippen molar-refractivity contribution in [2.75, 3.05) is 33.4 Å². The largest absolute Gasteiger partial charge is 0.489 e. The molecule has 0 saturated carbocycles. The van der Waals surface area contributed by atoms with Gasteiger partial charge in [0.1, 0.15) is 25.0 Å². The number of carbonyl (C=O) groups excluding carboxylic acids is 3. The van der Waals surface area contributed by atoms with Crippen molar-refractivity contribution in [3.8, 4) is 5.75 Å². The highest BCUT2D eigenvalue weighted by Crippen LogP contribution is 2.24. The molecule has 2 amide bonds. The van der Waals surface area contributed by atoms with Crippen LogP contribution in [0.1, 0.15) is 35.1 Å². The number of fused-ring (bicyclic) bond motifs is 3. The standard InChI is InChI=1S/C45H51N5O7/c1-54-44(52)40(24-34-25-47-38-16-9-8-15-37(34)38)49-42-30-55-29-35(23-31-18-20-36(21-19-31)56-27-32-11-4-2-5-12-32)50-26-41(42)48-39(43(50)51)17-10-22-46-45(53)57-28-33-13-6-3-7-14-33/h2-9,11-16,18-21,25,35,39-42,47-49H,10,17,22-24,26-30H2,1H3,(H,46,53)/t35-,39+,40-,41-,42-/m0/s1. The van der Waals surface area contributed by atoms with Gasteiger partial charge in [0.25, 0.3) is 0 Å². The Labute approximate surface area is 333 Å². The number of H-pyrrole nitrogens is 1. The van der Waals surface area contributed by atoms with Gasteiger partial charge in [-0.25, -0.2) is 4.79 Å². The molecule has 2 aliphatic rings. The van der Waals surface area contributed by atoms with Crippen molar-refractivity contribution in [2.24, 2.45) is 0 Å². The molecule has 12 heteroatoms. The smallest absolute Gasteiger partial charge is 0.407 e. The highest BCUT2D eigenvalue weighted by molar-refractivity contribution is 5.85. The number of piperazine rings is 1. The maximum atomic E-state index is 14.3. The fourth-order valence-corrected chi connectivity index (χ4v) is 7.67. The Morgan fingerprint density at radius 1 is 0.877 bits per heavy atom. The molecule has 0 radical (unpaired) electrons. The quantitative estimate of drug-likeness (QED) is 0.0776. The SMILES string of the molecule is COC(=O)[C@H](Cc1c[nH]c2ccccc12)N[C@H]1COC[C@H](Cc2ccc(OCc3ccccc3)cc2)N2C[C@@H]1N[C@H](CCCNC(=O)OCc1ccccc1)C2=O. The number of amides is 2. The molecule has 2 saturated heterocycles. The van der Waals surface area contributed by atoms with Gasteiger partial charge in [-0.2, -0.15) is 0 Å². The second-order valence-corrected chi connectivity index (χ2v) is 14.7. The summed E-state index contributed by atoms with van der Waals surface area (Å²) in [4.78, 5) is 45.2. The first-order valence-electron chi connectivity index (χ1n) is 19.7. The lowest BCUT2D eigenvalue weighted by atomic mass is 9.94. The van der Waals surface area contributed by atoms with Crippen LogP contribution in [-0.2, 0) is 49.9 Å². The van der Waals surface area contributed by atoms with Crippen LogP contribution in [0, 0.1) is 0 Å². The van der Waals surface area contributed by atoms with E-state index in [2.05, 4.69) is 20.9 Å². The summed E-state index contributed by atoms with van der Waals surface area (Å²) in [6.45, 7) is 2.10. The molecule has 57 heavy (non-hydrogen) atoms. The van der Waals surface area contributed by atoms with E-state index in [-0.39, 0.29) is 36.6 Å². The van der Waals surface area contributed by atoms with Crippen molar-refractivity contribution in [3.05, 3.63) is 138 Å². The van der Waals surface area contributed by atoms with Crippen LogP contribution in [0.15, 0.2) is 115 Å². The van der Waals surface area contributed by atoms with E-state index in [4.69, 9.17) is 18.9 Å². The average Bonchev–Trinajstić information content (AvgIpc) is 3.66. The highest BCUT2D eigenvalue weighted by atomic mass is 16.5. The number of hydrogen-bond donors (Lipinski definition) is 4. The number of methoxy groups -OCH3 is 1. The fraction of sp³-hybridized carbons (Fsp3) is 0.356. The number of nitrogens with zero attached hydrogens (tertiary/aromatic N) is 1. The van der Waals surface area contributed by atoms with Crippen LogP contribution in [-0.4, -0.2) is 91.5 Å². The van der Waals surface area contributed by atoms with Gasteiger partial charge in [0.05, 0.1) is 32.4 Å². The normalized spacial score (nSPS) is 19.9. The Kier molecular flexibility index (Phi) is 13.5. The van der Waals surface area contributed by atoms with Crippen LogP contribution >= 0.6 is 0 Å². The first kappa shape index (κ1) is 39.5. The van der Waals surface area contributed by atoms with Crippen LogP contribution in [0.2, 0.25) is 0 Å². The van der Waals surface area contributed by atoms with Crippen molar-refractivity contribution in [1.82, 2.24) is 25.8 Å². The van der Waals surface area contributed by atoms with Gasteiger partial charge < -0.3 is 34.1 Å². The number of nitrogens with one attached hydrogen (secondary N) is 4. The van der Waals surface area contributed by atoms with E-state index in [0.717, 1.165) is 38.9 Å². The molecule has 7 rings (SSSR count). The topological polar surface area (TPSA) is 143 Å². The van der Waals surface area contributed by atoms with Crippen LogP contribution in [0.25, 0.3) is 10.9 Å². The molecule has 0 unspecified atom stereocenters. The second kappa shape index (κ2) is 19.4. The molecule has 298 valence electrons. The van der Waals surface area contributed by atoms with E-state index < -0.39 is 18.2 Å². The summed E-state index contributed by atoms with van der Waals surface area (Å²) in [5.41, 5.74) is 5.06. The Bertz CT molecular complexity index is 2060. The minimum Gasteiger partial charge on any atom is -0.489 e. The molecule has 2 aliphatic heterocycles. The Morgan fingerprint density at radius 2 is 1.60 bits per heavy atom. The molecular formula is C45H51N5O7. The van der Waals surface area contributed by atoms with Crippen molar-refractivity contribution < 1.29 is 33.3 Å². The molecule has 3 heterocycles. The number of para-hydroxylation sites is 1. The molecule has 0 spiro atoms. The highest BCUT2D eigenvalue weighted by Gasteiger charge is 2.42. The summed E-state index contributed by atoms with van der Waals surface area (Å²) in [6.07, 6.45) is 3.49. The molecule has 5 atom stereocenters. The predicted octanol–water partition coefficient (Wildman–Crippen LogP) is 5.31. The Morgan fingerprint density at radius 3 is 2.35 bits per heavy atom. The zero-order valence-electron chi connectivity index (χ0n) is 32.2. The summed E-state index contributed by atoms with van der Waals surface area (Å²) in [7, 11) is 1.40. The van der Waals surface area contributed by atoms with Gasteiger partial charge in [0.15, 0.2) is 0 Å². The number of benzene rings is 4. The lowest BCUT2D eigenvalue weighted by Gasteiger charge is -2.47. The summed E-state index contributed by atoms with van der Waals surface area (Å²) < 4.78 is 23.0. The van der Waals surface area contributed by atoms with Gasteiger partial charge in [-0.3, -0.25) is 20.2 Å². The van der Waals surface area contributed by atoms with E-state index in [1.807, 2.05) is 120 Å². The number of hydrogen-bond acceptors (Lipinski definition) is 9.